The van der Waals surface area contributed by atoms with Crippen molar-refractivity contribution in [3.63, 3.8) is 0 Å². The average molecular weight is 318 g/mol. The van der Waals surface area contributed by atoms with Crippen LogP contribution in [0.25, 0.3) is 27.4 Å². The van der Waals surface area contributed by atoms with Gasteiger partial charge in [-0.15, -0.1) is 0 Å². The van der Waals surface area contributed by atoms with Gasteiger partial charge in [-0.2, -0.15) is 5.26 Å². The fourth-order valence-electron chi connectivity index (χ4n) is 3.18. The highest BCUT2D eigenvalue weighted by Crippen LogP contribution is 2.34. The monoisotopic (exact) mass is 318 g/mol. The molecule has 0 amide bonds. The normalized spacial score (nSPS) is 11.1. The topological polar surface area (TPSA) is 28.2 Å². The Kier molecular flexibility index (Phi) is 3.10. The van der Waals surface area contributed by atoms with E-state index in [-0.39, 0.29) is 11.6 Å². The molecule has 2 nitrogen and oxygen atoms in total. The van der Waals surface area contributed by atoms with Crippen molar-refractivity contribution < 1.29 is 8.78 Å². The van der Waals surface area contributed by atoms with Gasteiger partial charge in [0.05, 0.1) is 11.1 Å². The predicted octanol–water partition coefficient (Wildman–Crippen LogP) is 5.22. The Bertz CT molecular complexity index is 1130. The zero-order valence-electron chi connectivity index (χ0n) is 12.8. The third-order valence-corrected chi connectivity index (χ3v) is 4.29. The SMILES string of the molecule is Cc1cc(C#N)c2c3ccc(F)cc3c(-c3ccc(F)cc3)cn12. The van der Waals surface area contributed by atoms with E-state index in [4.69, 9.17) is 0 Å². The molecule has 0 radical (unpaired) electrons. The number of hydrogen-bond donors (Lipinski definition) is 0. The minimum Gasteiger partial charge on any atom is -0.319 e. The van der Waals surface area contributed by atoms with E-state index in [9.17, 15) is 14.0 Å². The average Bonchev–Trinajstić information content (AvgIpc) is 2.91. The number of nitrogens with zero attached hydrogens (tertiary/aromatic N) is 2. The van der Waals surface area contributed by atoms with Gasteiger partial charge in [0.15, 0.2) is 0 Å². The van der Waals surface area contributed by atoms with Gasteiger partial charge < -0.3 is 4.40 Å². The van der Waals surface area contributed by atoms with Crippen LogP contribution in [0.3, 0.4) is 0 Å². The van der Waals surface area contributed by atoms with Gasteiger partial charge in [-0.05, 0) is 54.3 Å². The molecule has 2 aromatic carbocycles. The van der Waals surface area contributed by atoms with Gasteiger partial charge in [0.2, 0.25) is 0 Å². The summed E-state index contributed by atoms with van der Waals surface area (Å²) in [6.45, 7) is 1.91. The number of halogens is 2. The number of aryl methyl sites for hydroxylation is 1. The van der Waals surface area contributed by atoms with Crippen LogP contribution < -0.4 is 0 Å². The van der Waals surface area contributed by atoms with Gasteiger partial charge >= 0.3 is 0 Å². The van der Waals surface area contributed by atoms with E-state index in [0.717, 1.165) is 27.7 Å². The van der Waals surface area contributed by atoms with Crippen LogP contribution in [0, 0.1) is 29.9 Å². The maximum Gasteiger partial charge on any atom is 0.123 e. The molecule has 0 saturated heterocycles. The number of benzene rings is 2. The fraction of sp³-hybridized carbons (Fsp3) is 0.0500. The third-order valence-electron chi connectivity index (χ3n) is 4.29. The minimum absolute atomic E-state index is 0.320. The predicted molar refractivity (Wildman–Crippen MR) is 89.7 cm³/mol. The summed E-state index contributed by atoms with van der Waals surface area (Å²) < 4.78 is 29.0. The second-order valence-corrected chi connectivity index (χ2v) is 5.77. The highest BCUT2D eigenvalue weighted by molar-refractivity contribution is 6.06. The van der Waals surface area contributed by atoms with Crippen molar-refractivity contribution in [2.75, 3.05) is 0 Å². The molecule has 4 aromatic rings. The summed E-state index contributed by atoms with van der Waals surface area (Å²) in [7, 11) is 0. The van der Waals surface area contributed by atoms with Gasteiger partial charge in [0, 0.05) is 22.8 Å². The first-order valence-electron chi connectivity index (χ1n) is 7.48. The molecule has 24 heavy (non-hydrogen) atoms. The van der Waals surface area contributed by atoms with Crippen molar-refractivity contribution in [3.05, 3.63) is 77.6 Å². The Morgan fingerprint density at radius 3 is 2.33 bits per heavy atom. The number of hydrogen-bond acceptors (Lipinski definition) is 1. The standard InChI is InChI=1S/C20H12F2N2/c1-12-8-14(10-23)20-17-7-6-16(22)9-18(17)19(11-24(12)20)13-2-4-15(21)5-3-13/h2-9,11H,1H3. The Balaban J connectivity index is 2.20. The molecule has 2 heterocycles. The highest BCUT2D eigenvalue weighted by Gasteiger charge is 2.15. The number of fused-ring (bicyclic) bond motifs is 3. The van der Waals surface area contributed by atoms with E-state index in [0.29, 0.717) is 10.9 Å². The van der Waals surface area contributed by atoms with E-state index in [1.807, 2.05) is 23.6 Å². The van der Waals surface area contributed by atoms with Crippen LogP contribution >= 0.6 is 0 Å². The van der Waals surface area contributed by atoms with Gasteiger partial charge in [-0.1, -0.05) is 12.1 Å². The van der Waals surface area contributed by atoms with E-state index in [1.54, 1.807) is 18.2 Å². The van der Waals surface area contributed by atoms with Gasteiger partial charge in [0.1, 0.15) is 17.7 Å². The Morgan fingerprint density at radius 2 is 1.62 bits per heavy atom. The van der Waals surface area contributed by atoms with Gasteiger partial charge in [-0.25, -0.2) is 8.78 Å². The molecule has 0 aliphatic rings. The summed E-state index contributed by atoms with van der Waals surface area (Å²) in [5, 5.41) is 10.9. The van der Waals surface area contributed by atoms with Crippen LogP contribution in [0.15, 0.2) is 54.7 Å². The molecule has 0 spiro atoms. The molecule has 0 N–H and O–H groups in total. The van der Waals surface area contributed by atoms with Crippen molar-refractivity contribution in [1.82, 2.24) is 4.40 Å². The molecule has 0 aliphatic heterocycles. The van der Waals surface area contributed by atoms with Crippen molar-refractivity contribution in [2.45, 2.75) is 6.92 Å². The maximum absolute atomic E-state index is 13.9. The highest BCUT2D eigenvalue weighted by atomic mass is 19.1. The van der Waals surface area contributed by atoms with Crippen LogP contribution in [0.4, 0.5) is 8.78 Å². The van der Waals surface area contributed by atoms with Crippen LogP contribution in [-0.2, 0) is 0 Å². The van der Waals surface area contributed by atoms with Crippen molar-refractivity contribution in [3.8, 4) is 17.2 Å². The van der Waals surface area contributed by atoms with E-state index < -0.39 is 0 Å². The smallest absolute Gasteiger partial charge is 0.123 e. The quantitative estimate of drug-likeness (QED) is 0.473. The summed E-state index contributed by atoms with van der Waals surface area (Å²) in [6, 6.07) is 14.7. The van der Waals surface area contributed by atoms with Crippen LogP contribution in [0.2, 0.25) is 0 Å². The van der Waals surface area contributed by atoms with Crippen molar-refractivity contribution >= 4 is 16.3 Å². The summed E-state index contributed by atoms with van der Waals surface area (Å²) in [5.41, 5.74) is 3.81. The lowest BCUT2D eigenvalue weighted by Gasteiger charge is -2.11. The fourth-order valence-corrected chi connectivity index (χ4v) is 3.18. The summed E-state index contributed by atoms with van der Waals surface area (Å²) in [5.74, 6) is -0.670. The molecule has 2 aromatic heterocycles. The first-order valence-corrected chi connectivity index (χ1v) is 7.48. The van der Waals surface area contributed by atoms with Gasteiger partial charge in [0.25, 0.3) is 0 Å². The number of pyridine rings is 1. The Morgan fingerprint density at radius 1 is 0.917 bits per heavy atom. The lowest BCUT2D eigenvalue weighted by molar-refractivity contribution is 0.628. The third kappa shape index (κ3) is 2.06. The summed E-state index contributed by atoms with van der Waals surface area (Å²) >= 11 is 0. The first-order chi connectivity index (χ1) is 11.6. The molecular formula is C20H12F2N2. The molecule has 0 bridgehead atoms. The molecule has 116 valence electrons. The zero-order chi connectivity index (χ0) is 16.8. The van der Waals surface area contributed by atoms with Gasteiger partial charge in [-0.3, -0.25) is 0 Å². The summed E-state index contributed by atoms with van der Waals surface area (Å²) in [6.07, 6.45) is 1.88. The second kappa shape index (κ2) is 5.17. The number of nitriles is 1. The number of rotatable bonds is 1. The zero-order valence-corrected chi connectivity index (χ0v) is 12.8. The molecule has 0 saturated carbocycles. The largest absolute Gasteiger partial charge is 0.319 e. The summed E-state index contributed by atoms with van der Waals surface area (Å²) in [4.78, 5) is 0. The van der Waals surface area contributed by atoms with E-state index in [1.165, 1.54) is 24.3 Å². The van der Waals surface area contributed by atoms with Crippen LogP contribution in [-0.4, -0.2) is 4.40 Å². The molecule has 4 heteroatoms. The first kappa shape index (κ1) is 14.4. The molecule has 0 atom stereocenters. The van der Waals surface area contributed by atoms with Crippen LogP contribution in [0.5, 0.6) is 0 Å². The van der Waals surface area contributed by atoms with E-state index in [2.05, 4.69) is 6.07 Å². The lowest BCUT2D eigenvalue weighted by Crippen LogP contribution is -1.93. The molecule has 0 unspecified atom stereocenters. The maximum atomic E-state index is 13.9. The Hall–Kier alpha value is -3.19. The minimum atomic E-state index is -0.350. The molecular weight excluding hydrogens is 306 g/mol. The molecule has 0 aliphatic carbocycles. The second-order valence-electron chi connectivity index (χ2n) is 5.77. The lowest BCUT2D eigenvalue weighted by atomic mass is 9.99. The van der Waals surface area contributed by atoms with Crippen LogP contribution in [0.1, 0.15) is 11.3 Å². The van der Waals surface area contributed by atoms with Crippen molar-refractivity contribution in [2.24, 2.45) is 0 Å². The Labute approximate surface area is 137 Å². The van der Waals surface area contributed by atoms with Crippen molar-refractivity contribution in [1.29, 1.82) is 5.26 Å². The van der Waals surface area contributed by atoms with E-state index >= 15 is 0 Å². The molecule has 4 rings (SSSR count). The number of aromatic nitrogens is 1. The molecule has 0 fully saturated rings.